The van der Waals surface area contributed by atoms with E-state index in [1.54, 1.807) is 6.92 Å². The zero-order valence-electron chi connectivity index (χ0n) is 8.95. The molecule has 1 atom stereocenters. The van der Waals surface area contributed by atoms with E-state index in [0.717, 1.165) is 0 Å². The molecule has 5 nitrogen and oxygen atoms in total. The number of aliphatic carboxylic acids is 1. The van der Waals surface area contributed by atoms with Crippen molar-refractivity contribution in [2.24, 2.45) is 0 Å². The van der Waals surface area contributed by atoms with Gasteiger partial charge in [0.15, 0.2) is 5.60 Å². The molecule has 0 aromatic heterocycles. The smallest absolute Gasteiger partial charge is 0.307 e. The summed E-state index contributed by atoms with van der Waals surface area (Å²) >= 11 is 5.89. The first-order chi connectivity index (χ1) is 7.86. The van der Waals surface area contributed by atoms with Crippen molar-refractivity contribution in [3.63, 3.8) is 0 Å². The fourth-order valence-electron chi connectivity index (χ4n) is 1.93. The lowest BCUT2D eigenvalue weighted by Gasteiger charge is -2.18. The summed E-state index contributed by atoms with van der Waals surface area (Å²) in [4.78, 5) is 22.4. The Bertz CT molecular complexity index is 528. The summed E-state index contributed by atoms with van der Waals surface area (Å²) in [6.45, 7) is 1.69. The maximum Gasteiger partial charge on any atom is 0.307 e. The van der Waals surface area contributed by atoms with Gasteiger partial charge in [-0.05, 0) is 18.6 Å². The number of aliphatic hydroxyl groups is 1. The molecule has 90 valence electrons. The number of carboxylic acids is 1. The maximum absolute atomic E-state index is 11.7. The van der Waals surface area contributed by atoms with E-state index in [0.29, 0.717) is 16.3 Å². The highest BCUT2D eigenvalue weighted by Crippen LogP contribution is 2.42. The molecule has 1 aromatic rings. The van der Waals surface area contributed by atoms with Gasteiger partial charge < -0.3 is 15.5 Å². The number of rotatable bonds is 2. The van der Waals surface area contributed by atoms with Crippen LogP contribution in [0.5, 0.6) is 0 Å². The lowest BCUT2D eigenvalue weighted by molar-refractivity contribution is -0.149. The lowest BCUT2D eigenvalue weighted by Crippen LogP contribution is -2.36. The first kappa shape index (κ1) is 11.9. The molecule has 1 aliphatic rings. The summed E-state index contributed by atoms with van der Waals surface area (Å²) in [6.07, 6.45) is -0.674. The Morgan fingerprint density at radius 2 is 2.18 bits per heavy atom. The van der Waals surface area contributed by atoms with Gasteiger partial charge in [-0.3, -0.25) is 9.59 Å². The van der Waals surface area contributed by atoms with Crippen molar-refractivity contribution in [3.05, 3.63) is 28.3 Å². The van der Waals surface area contributed by atoms with E-state index in [-0.39, 0.29) is 5.56 Å². The fourth-order valence-corrected chi connectivity index (χ4v) is 2.08. The molecule has 1 unspecified atom stereocenters. The van der Waals surface area contributed by atoms with E-state index in [1.165, 1.54) is 12.1 Å². The number of nitrogens with one attached hydrogen (secondary N) is 1. The number of carbonyl (C=O) groups excluding carboxylic acids is 1. The Morgan fingerprint density at radius 3 is 2.76 bits per heavy atom. The Hall–Kier alpha value is -1.59. The molecular weight excluding hydrogens is 246 g/mol. The highest BCUT2D eigenvalue weighted by atomic mass is 35.5. The van der Waals surface area contributed by atoms with E-state index in [2.05, 4.69) is 5.32 Å². The number of anilines is 1. The van der Waals surface area contributed by atoms with E-state index >= 15 is 0 Å². The van der Waals surface area contributed by atoms with Gasteiger partial charge in [0.25, 0.3) is 5.91 Å². The predicted octanol–water partition coefficient (Wildman–Crippen LogP) is 1.26. The minimum absolute atomic E-state index is 0.256. The van der Waals surface area contributed by atoms with Crippen molar-refractivity contribution in [2.45, 2.75) is 18.9 Å². The number of amides is 1. The largest absolute Gasteiger partial charge is 0.481 e. The van der Waals surface area contributed by atoms with E-state index in [9.17, 15) is 14.7 Å². The Morgan fingerprint density at radius 1 is 1.53 bits per heavy atom. The number of fused-ring (bicyclic) bond motifs is 1. The molecule has 2 rings (SSSR count). The topological polar surface area (TPSA) is 86.6 Å². The molecule has 0 fully saturated rings. The standard InChI is InChI=1S/C11H10ClNO4/c1-5-7(12)3-2-6-9(5)13-10(16)11(6,17)4-8(14)15/h2-3,17H,4H2,1H3,(H,13,16)(H,14,15). The molecule has 1 amide bonds. The van der Waals surface area contributed by atoms with Gasteiger partial charge in [-0.2, -0.15) is 0 Å². The predicted molar refractivity (Wildman–Crippen MR) is 61.0 cm³/mol. The first-order valence-corrected chi connectivity index (χ1v) is 5.29. The van der Waals surface area contributed by atoms with Crippen LogP contribution in [0, 0.1) is 6.92 Å². The van der Waals surface area contributed by atoms with Crippen LogP contribution in [0.2, 0.25) is 5.02 Å². The summed E-state index contributed by atoms with van der Waals surface area (Å²) in [7, 11) is 0. The van der Waals surface area contributed by atoms with Crippen LogP contribution in [0.25, 0.3) is 0 Å². The molecule has 1 aromatic carbocycles. The second-order valence-corrected chi connectivity index (χ2v) is 4.39. The highest BCUT2D eigenvalue weighted by Gasteiger charge is 2.47. The summed E-state index contributed by atoms with van der Waals surface area (Å²) < 4.78 is 0. The van der Waals surface area contributed by atoms with E-state index in [4.69, 9.17) is 16.7 Å². The molecule has 3 N–H and O–H groups in total. The fraction of sp³-hybridized carbons (Fsp3) is 0.273. The molecule has 1 heterocycles. The minimum Gasteiger partial charge on any atom is -0.481 e. The Labute approximate surface area is 102 Å². The van der Waals surface area contributed by atoms with Crippen molar-refractivity contribution < 1.29 is 19.8 Å². The van der Waals surface area contributed by atoms with Gasteiger partial charge in [0.2, 0.25) is 0 Å². The molecule has 0 saturated carbocycles. The molecular formula is C11H10ClNO4. The molecule has 6 heteroatoms. The lowest BCUT2D eigenvalue weighted by atomic mass is 9.91. The van der Waals surface area contributed by atoms with Crippen molar-refractivity contribution in [2.75, 3.05) is 5.32 Å². The molecule has 0 saturated heterocycles. The van der Waals surface area contributed by atoms with Crippen LogP contribution in [0.15, 0.2) is 12.1 Å². The third-order valence-electron chi connectivity index (χ3n) is 2.87. The van der Waals surface area contributed by atoms with Gasteiger partial charge in [0, 0.05) is 10.6 Å². The molecule has 17 heavy (non-hydrogen) atoms. The SMILES string of the molecule is Cc1c(Cl)ccc2c1NC(=O)C2(O)CC(=O)O. The minimum atomic E-state index is -2.02. The molecule has 0 aliphatic carbocycles. The normalized spacial score (nSPS) is 22.2. The summed E-state index contributed by atoms with van der Waals surface area (Å²) in [5.74, 6) is -1.98. The number of halogens is 1. The average Bonchev–Trinajstić information content (AvgIpc) is 2.46. The Balaban J connectivity index is 2.59. The molecule has 0 radical (unpaired) electrons. The number of hydrogen-bond donors (Lipinski definition) is 3. The average molecular weight is 256 g/mol. The second kappa shape index (κ2) is 3.72. The quantitative estimate of drug-likeness (QED) is 0.743. The zero-order valence-corrected chi connectivity index (χ0v) is 9.71. The van der Waals surface area contributed by atoms with Gasteiger partial charge >= 0.3 is 5.97 Å². The molecule has 1 aliphatic heterocycles. The Kier molecular flexibility index (Phi) is 2.60. The van der Waals surface area contributed by atoms with Gasteiger partial charge in [0.1, 0.15) is 0 Å². The number of benzene rings is 1. The van der Waals surface area contributed by atoms with Crippen LogP contribution in [0.1, 0.15) is 17.5 Å². The first-order valence-electron chi connectivity index (χ1n) is 4.91. The van der Waals surface area contributed by atoms with Gasteiger partial charge in [-0.15, -0.1) is 0 Å². The monoisotopic (exact) mass is 255 g/mol. The van der Waals surface area contributed by atoms with Crippen molar-refractivity contribution in [1.29, 1.82) is 0 Å². The molecule has 0 bridgehead atoms. The summed E-state index contributed by atoms with van der Waals surface area (Å²) in [6, 6.07) is 2.99. The van der Waals surface area contributed by atoms with Crippen molar-refractivity contribution in [3.8, 4) is 0 Å². The van der Waals surface area contributed by atoms with E-state index in [1.807, 2.05) is 0 Å². The van der Waals surface area contributed by atoms with Crippen LogP contribution in [0.4, 0.5) is 5.69 Å². The van der Waals surface area contributed by atoms with Crippen LogP contribution in [-0.2, 0) is 15.2 Å². The van der Waals surface area contributed by atoms with Crippen LogP contribution < -0.4 is 5.32 Å². The second-order valence-electron chi connectivity index (χ2n) is 3.98. The maximum atomic E-state index is 11.7. The van der Waals surface area contributed by atoms with E-state index < -0.39 is 23.9 Å². The number of carboxylic acid groups (broad SMARTS) is 1. The zero-order chi connectivity index (χ0) is 12.8. The van der Waals surface area contributed by atoms with Crippen LogP contribution in [-0.4, -0.2) is 22.1 Å². The highest BCUT2D eigenvalue weighted by molar-refractivity contribution is 6.32. The van der Waals surface area contributed by atoms with Crippen molar-refractivity contribution in [1.82, 2.24) is 0 Å². The number of hydrogen-bond acceptors (Lipinski definition) is 3. The van der Waals surface area contributed by atoms with Gasteiger partial charge in [-0.25, -0.2) is 0 Å². The summed E-state index contributed by atoms with van der Waals surface area (Å²) in [5, 5.41) is 21.8. The summed E-state index contributed by atoms with van der Waals surface area (Å²) in [5.41, 5.74) is -0.756. The number of carbonyl (C=O) groups is 2. The third kappa shape index (κ3) is 1.67. The molecule has 0 spiro atoms. The van der Waals surface area contributed by atoms with Crippen LogP contribution in [0.3, 0.4) is 0 Å². The third-order valence-corrected chi connectivity index (χ3v) is 3.28. The van der Waals surface area contributed by atoms with Crippen molar-refractivity contribution >= 4 is 29.2 Å². The van der Waals surface area contributed by atoms with Gasteiger partial charge in [0.05, 0.1) is 12.1 Å². The van der Waals surface area contributed by atoms with Crippen LogP contribution >= 0.6 is 11.6 Å². The van der Waals surface area contributed by atoms with Gasteiger partial charge in [-0.1, -0.05) is 17.7 Å².